The van der Waals surface area contributed by atoms with Crippen LogP contribution in [0.3, 0.4) is 0 Å². The fourth-order valence-electron chi connectivity index (χ4n) is 4.63. The molecule has 1 N–H and O–H groups in total. The highest BCUT2D eigenvalue weighted by atomic mass is 16.3. The van der Waals surface area contributed by atoms with Gasteiger partial charge in [-0.25, -0.2) is 4.99 Å². The molecule has 0 radical (unpaired) electrons. The fourth-order valence-corrected chi connectivity index (χ4v) is 4.63. The van der Waals surface area contributed by atoms with E-state index in [4.69, 9.17) is 4.99 Å². The molecule has 0 spiro atoms. The van der Waals surface area contributed by atoms with Crippen molar-refractivity contribution in [2.24, 2.45) is 4.99 Å². The van der Waals surface area contributed by atoms with Crippen LogP contribution >= 0.6 is 0 Å². The molecule has 0 fully saturated rings. The van der Waals surface area contributed by atoms with Crippen molar-refractivity contribution < 1.29 is 9.59 Å². The minimum absolute atomic E-state index is 0.316. The third kappa shape index (κ3) is 9.69. The molecule has 3 nitrogen and oxygen atoms in total. The number of unbranched alkanes of at least 4 members (excludes halogenated alkanes) is 14. The van der Waals surface area contributed by atoms with E-state index >= 15 is 0 Å². The Kier molecular flexibility index (Phi) is 14.6. The average Bonchev–Trinajstić information content (AvgIpc) is 3.12. The Labute approximate surface area is 175 Å². The van der Waals surface area contributed by atoms with Gasteiger partial charge in [-0.1, -0.05) is 83.1 Å². The van der Waals surface area contributed by atoms with E-state index in [0.717, 1.165) is 30.5 Å². The fraction of sp³-hybridized carbons (Fsp3) is 0.880. The highest BCUT2D eigenvalue weighted by molar-refractivity contribution is 5.76. The Hall–Kier alpha value is -0.670. The molecule has 0 amide bonds. The van der Waals surface area contributed by atoms with E-state index in [-0.39, 0.29) is 6.23 Å². The number of amidine groups is 1. The highest BCUT2D eigenvalue weighted by Gasteiger charge is 2.40. The summed E-state index contributed by atoms with van der Waals surface area (Å²) in [5.74, 6) is 1.25. The van der Waals surface area contributed by atoms with Crippen LogP contribution in [-0.4, -0.2) is 41.3 Å². The van der Waals surface area contributed by atoms with Crippen molar-refractivity contribution in [3.05, 3.63) is 12.7 Å². The normalized spacial score (nSPS) is 20.3. The maximum atomic E-state index is 10.2. The predicted octanol–water partition coefficient (Wildman–Crippen LogP) is 7.00. The Morgan fingerprint density at radius 1 is 0.893 bits per heavy atom. The molecular weight excluding hydrogens is 344 g/mol. The first-order valence-electron chi connectivity index (χ1n) is 12.4. The first-order chi connectivity index (χ1) is 13.7. The van der Waals surface area contributed by atoms with E-state index in [2.05, 4.69) is 13.5 Å². The van der Waals surface area contributed by atoms with Crippen LogP contribution in [0, 0.1) is 0 Å². The van der Waals surface area contributed by atoms with Gasteiger partial charge in [0.1, 0.15) is 6.54 Å². The van der Waals surface area contributed by atoms with Crippen molar-refractivity contribution in [2.45, 2.75) is 123 Å². The maximum absolute atomic E-state index is 10.2. The molecule has 164 valence electrons. The van der Waals surface area contributed by atoms with E-state index in [1.165, 1.54) is 102 Å². The van der Waals surface area contributed by atoms with E-state index in [1.54, 1.807) is 0 Å². The summed E-state index contributed by atoms with van der Waals surface area (Å²) in [4.78, 5) is 4.71. The lowest BCUT2D eigenvalue weighted by atomic mass is 10.0. The molecule has 1 rings (SSSR count). The quantitative estimate of drug-likeness (QED) is 0.143. The standard InChI is InChI=1S/C25H49N2O/c1-4-6-7-8-9-10-11-12-13-14-15-16-17-18-19-20-21-25-26-22-23-27(25,5-2)24(3)28/h4,24,28H,1,5-23H2,2-3H3/q+1. The maximum Gasteiger partial charge on any atom is 0.200 e. The van der Waals surface area contributed by atoms with Gasteiger partial charge in [0.05, 0.1) is 13.1 Å². The van der Waals surface area contributed by atoms with Crippen molar-refractivity contribution in [1.82, 2.24) is 0 Å². The summed E-state index contributed by atoms with van der Waals surface area (Å²) >= 11 is 0. The number of aliphatic hydroxyl groups excluding tert-OH is 1. The van der Waals surface area contributed by atoms with Gasteiger partial charge >= 0.3 is 0 Å². The van der Waals surface area contributed by atoms with E-state index < -0.39 is 0 Å². The Balaban J connectivity index is 1.88. The lowest BCUT2D eigenvalue weighted by Crippen LogP contribution is -2.56. The first-order valence-corrected chi connectivity index (χ1v) is 12.4. The zero-order valence-electron chi connectivity index (χ0n) is 19.1. The lowest BCUT2D eigenvalue weighted by Gasteiger charge is -2.36. The third-order valence-corrected chi connectivity index (χ3v) is 6.65. The van der Waals surface area contributed by atoms with E-state index in [9.17, 15) is 5.11 Å². The summed E-state index contributed by atoms with van der Waals surface area (Å²) in [5.41, 5.74) is 0. The lowest BCUT2D eigenvalue weighted by molar-refractivity contribution is -0.882. The van der Waals surface area contributed by atoms with Crippen LogP contribution in [0.5, 0.6) is 0 Å². The Morgan fingerprint density at radius 3 is 1.79 bits per heavy atom. The molecule has 0 aromatic carbocycles. The molecule has 0 aromatic heterocycles. The largest absolute Gasteiger partial charge is 0.345 e. The molecular formula is C25H49N2O+. The van der Waals surface area contributed by atoms with Crippen LogP contribution in [0.15, 0.2) is 17.6 Å². The van der Waals surface area contributed by atoms with Gasteiger partial charge < -0.3 is 5.11 Å². The molecule has 2 unspecified atom stereocenters. The summed E-state index contributed by atoms with van der Waals surface area (Å²) in [7, 11) is 0. The van der Waals surface area contributed by atoms with Crippen molar-refractivity contribution in [3.63, 3.8) is 0 Å². The second-order valence-electron chi connectivity index (χ2n) is 8.78. The predicted molar refractivity (Wildman–Crippen MR) is 124 cm³/mol. The molecule has 0 aromatic rings. The van der Waals surface area contributed by atoms with Gasteiger partial charge in [-0.3, -0.25) is 4.48 Å². The molecule has 0 saturated heterocycles. The number of hydrogen-bond donors (Lipinski definition) is 1. The van der Waals surface area contributed by atoms with Crippen LogP contribution < -0.4 is 0 Å². The number of rotatable bonds is 19. The molecule has 2 atom stereocenters. The third-order valence-electron chi connectivity index (χ3n) is 6.65. The minimum atomic E-state index is -0.316. The molecule has 1 aliphatic rings. The van der Waals surface area contributed by atoms with Gasteiger partial charge in [0.2, 0.25) is 5.84 Å². The number of allylic oxidation sites excluding steroid dienone is 1. The van der Waals surface area contributed by atoms with Crippen molar-refractivity contribution in [3.8, 4) is 0 Å². The van der Waals surface area contributed by atoms with Crippen LogP contribution in [-0.2, 0) is 0 Å². The monoisotopic (exact) mass is 393 g/mol. The zero-order valence-corrected chi connectivity index (χ0v) is 19.1. The summed E-state index contributed by atoms with van der Waals surface area (Å²) in [5, 5.41) is 10.2. The SMILES string of the molecule is C=CCCCCCCCCCCCCCCCCC1=NCC[N+]1(CC)C(C)O. The molecule has 0 saturated carbocycles. The molecule has 1 aliphatic heterocycles. The van der Waals surface area contributed by atoms with Gasteiger partial charge in [0.25, 0.3) is 0 Å². The summed E-state index contributed by atoms with van der Waals surface area (Å²) in [6.07, 6.45) is 23.4. The summed E-state index contributed by atoms with van der Waals surface area (Å²) in [6, 6.07) is 0. The summed E-state index contributed by atoms with van der Waals surface area (Å²) < 4.78 is 0.717. The van der Waals surface area contributed by atoms with Crippen molar-refractivity contribution in [1.29, 1.82) is 0 Å². The van der Waals surface area contributed by atoms with Gasteiger partial charge in [0.15, 0.2) is 6.23 Å². The number of likely N-dealkylation sites (N-methyl/N-ethyl adjacent to an activating group) is 1. The molecule has 3 heteroatoms. The molecule has 28 heavy (non-hydrogen) atoms. The Bertz CT molecular complexity index is 419. The number of aliphatic imine (C=N–C) groups is 1. The van der Waals surface area contributed by atoms with Gasteiger partial charge in [-0.2, -0.15) is 0 Å². The van der Waals surface area contributed by atoms with Gasteiger partial charge in [-0.15, -0.1) is 6.58 Å². The molecule has 1 heterocycles. The van der Waals surface area contributed by atoms with E-state index in [0.29, 0.717) is 0 Å². The van der Waals surface area contributed by atoms with Crippen LogP contribution in [0.25, 0.3) is 0 Å². The number of quaternary nitrogens is 1. The number of aliphatic hydroxyl groups is 1. The first kappa shape index (κ1) is 25.4. The summed E-state index contributed by atoms with van der Waals surface area (Å²) in [6.45, 7) is 10.7. The average molecular weight is 394 g/mol. The topological polar surface area (TPSA) is 32.6 Å². The van der Waals surface area contributed by atoms with Gasteiger partial charge in [0, 0.05) is 13.3 Å². The van der Waals surface area contributed by atoms with Crippen molar-refractivity contribution in [2.75, 3.05) is 19.6 Å². The van der Waals surface area contributed by atoms with Crippen molar-refractivity contribution >= 4 is 5.84 Å². The molecule has 0 bridgehead atoms. The second-order valence-corrected chi connectivity index (χ2v) is 8.78. The van der Waals surface area contributed by atoms with Crippen LogP contribution in [0.2, 0.25) is 0 Å². The second kappa shape index (κ2) is 16.2. The van der Waals surface area contributed by atoms with Crippen LogP contribution in [0.1, 0.15) is 117 Å². The van der Waals surface area contributed by atoms with E-state index in [1.807, 2.05) is 13.0 Å². The minimum Gasteiger partial charge on any atom is -0.345 e. The highest BCUT2D eigenvalue weighted by Crippen LogP contribution is 2.23. The smallest absolute Gasteiger partial charge is 0.200 e. The van der Waals surface area contributed by atoms with Gasteiger partial charge in [-0.05, 0) is 26.2 Å². The zero-order chi connectivity index (χ0) is 20.5. The van der Waals surface area contributed by atoms with Crippen LogP contribution in [0.4, 0.5) is 0 Å². The Morgan fingerprint density at radius 2 is 1.36 bits per heavy atom. The number of hydrogen-bond acceptors (Lipinski definition) is 2. The molecule has 0 aliphatic carbocycles. The number of nitrogens with zero attached hydrogens (tertiary/aromatic N) is 2.